The molecule has 12 heteroatoms. The Morgan fingerprint density at radius 3 is 2.59 bits per heavy atom. The number of amides is 1. The van der Waals surface area contributed by atoms with Crippen molar-refractivity contribution >= 4 is 23.4 Å². The Bertz CT molecular complexity index is 1160. The van der Waals surface area contributed by atoms with E-state index in [0.717, 1.165) is 29.5 Å². The molecule has 32 heavy (non-hydrogen) atoms. The highest BCUT2D eigenvalue weighted by atomic mass is 32.2. The van der Waals surface area contributed by atoms with Crippen molar-refractivity contribution in [1.82, 2.24) is 20.1 Å². The van der Waals surface area contributed by atoms with Crippen LogP contribution < -0.4 is 5.32 Å². The zero-order valence-electron chi connectivity index (χ0n) is 17.0. The first-order valence-corrected chi connectivity index (χ1v) is 10.2. The lowest BCUT2D eigenvalue weighted by molar-refractivity contribution is -0.388. The molecule has 0 aliphatic rings. The zero-order chi connectivity index (χ0) is 23.5. The van der Waals surface area contributed by atoms with Gasteiger partial charge in [-0.2, -0.15) is 13.2 Å². The summed E-state index contributed by atoms with van der Waals surface area (Å²) in [7, 11) is 0. The van der Waals surface area contributed by atoms with Gasteiger partial charge in [0.25, 0.3) is 5.69 Å². The molecule has 1 heterocycles. The molecular formula is C20H18F3N5O3S. The molecule has 0 bridgehead atoms. The van der Waals surface area contributed by atoms with Crippen LogP contribution in [0, 0.1) is 17.0 Å². The van der Waals surface area contributed by atoms with Crippen molar-refractivity contribution in [1.29, 1.82) is 0 Å². The Kier molecular flexibility index (Phi) is 6.82. The van der Waals surface area contributed by atoms with Crippen molar-refractivity contribution in [2.24, 2.45) is 0 Å². The summed E-state index contributed by atoms with van der Waals surface area (Å²) in [5.74, 6) is 0.281. The average molecular weight is 465 g/mol. The normalized spacial score (nSPS) is 11.4. The second-order valence-electron chi connectivity index (χ2n) is 6.85. The van der Waals surface area contributed by atoms with Gasteiger partial charge in [0.2, 0.25) is 11.1 Å². The van der Waals surface area contributed by atoms with Gasteiger partial charge >= 0.3 is 6.18 Å². The molecule has 0 atom stereocenters. The molecule has 3 aromatic rings. The third-order valence-electron chi connectivity index (χ3n) is 4.37. The van der Waals surface area contributed by atoms with Gasteiger partial charge in [0.1, 0.15) is 5.82 Å². The molecule has 168 valence electrons. The summed E-state index contributed by atoms with van der Waals surface area (Å²) in [6.07, 6.45) is -4.37. The van der Waals surface area contributed by atoms with Crippen molar-refractivity contribution in [2.45, 2.75) is 36.5 Å². The minimum Gasteiger partial charge on any atom is -0.356 e. The number of aromatic nitrogens is 3. The first kappa shape index (κ1) is 23.3. The number of rotatable bonds is 7. The Morgan fingerprint density at radius 1 is 1.22 bits per heavy atom. The second kappa shape index (κ2) is 9.39. The van der Waals surface area contributed by atoms with Gasteiger partial charge < -0.3 is 5.32 Å². The van der Waals surface area contributed by atoms with Gasteiger partial charge in [-0.05, 0) is 48.5 Å². The molecule has 1 aromatic heterocycles. The standard InChI is InChI=1S/C20H18F3N5O3S/c1-12-4-3-5-15(10-12)27-18(8-9-24-13(2)29)25-26-19(27)32-17-7-6-14(20(21,22)23)11-16(17)28(30)31/h3-7,10-11H,8-9H2,1-2H3,(H,24,29). The third kappa shape index (κ3) is 5.44. The van der Waals surface area contributed by atoms with Gasteiger partial charge in [-0.15, -0.1) is 10.2 Å². The molecule has 0 spiro atoms. The minimum absolute atomic E-state index is 0.00212. The minimum atomic E-state index is -4.70. The molecule has 0 unspecified atom stereocenters. The van der Waals surface area contributed by atoms with E-state index >= 15 is 0 Å². The van der Waals surface area contributed by atoms with Crippen LogP contribution in [0.2, 0.25) is 0 Å². The van der Waals surface area contributed by atoms with E-state index in [1.54, 1.807) is 10.6 Å². The van der Waals surface area contributed by atoms with Crippen LogP contribution >= 0.6 is 11.8 Å². The van der Waals surface area contributed by atoms with Crippen LogP contribution in [0.15, 0.2) is 52.5 Å². The fourth-order valence-electron chi connectivity index (χ4n) is 2.93. The number of nitrogens with zero attached hydrogens (tertiary/aromatic N) is 4. The van der Waals surface area contributed by atoms with Crippen LogP contribution in [0.1, 0.15) is 23.9 Å². The van der Waals surface area contributed by atoms with Crippen LogP contribution in [0.5, 0.6) is 0 Å². The SMILES string of the molecule is CC(=O)NCCc1nnc(Sc2ccc(C(F)(F)F)cc2[N+](=O)[O-])n1-c1cccc(C)c1. The van der Waals surface area contributed by atoms with Crippen LogP contribution in [0.4, 0.5) is 18.9 Å². The van der Waals surface area contributed by atoms with E-state index in [9.17, 15) is 28.1 Å². The first-order valence-electron chi connectivity index (χ1n) is 9.35. The summed E-state index contributed by atoms with van der Waals surface area (Å²) in [6, 6.07) is 9.71. The molecule has 0 saturated carbocycles. The van der Waals surface area contributed by atoms with E-state index < -0.39 is 22.4 Å². The number of hydrogen-bond acceptors (Lipinski definition) is 6. The Labute approximate surface area is 185 Å². The van der Waals surface area contributed by atoms with Crippen LogP contribution in [-0.4, -0.2) is 32.1 Å². The fraction of sp³-hybridized carbons (Fsp3) is 0.250. The van der Waals surface area contributed by atoms with Crippen molar-refractivity contribution in [3.8, 4) is 5.69 Å². The van der Waals surface area contributed by atoms with Gasteiger partial charge in [-0.3, -0.25) is 19.5 Å². The highest BCUT2D eigenvalue weighted by molar-refractivity contribution is 7.99. The number of nitrogens with one attached hydrogen (secondary N) is 1. The van der Waals surface area contributed by atoms with E-state index in [1.165, 1.54) is 6.92 Å². The Morgan fingerprint density at radius 2 is 1.97 bits per heavy atom. The third-order valence-corrected chi connectivity index (χ3v) is 5.38. The molecular weight excluding hydrogens is 447 g/mol. The number of nitro groups is 1. The Balaban J connectivity index is 2.04. The molecule has 2 aromatic carbocycles. The molecule has 0 radical (unpaired) electrons. The summed E-state index contributed by atoms with van der Waals surface area (Å²) in [6.45, 7) is 3.57. The van der Waals surface area contributed by atoms with E-state index in [1.807, 2.05) is 25.1 Å². The maximum atomic E-state index is 13.0. The van der Waals surface area contributed by atoms with E-state index in [0.29, 0.717) is 30.5 Å². The van der Waals surface area contributed by atoms with Crippen molar-refractivity contribution < 1.29 is 22.9 Å². The summed E-state index contributed by atoms with van der Waals surface area (Å²) in [4.78, 5) is 21.8. The van der Waals surface area contributed by atoms with Crippen molar-refractivity contribution in [2.75, 3.05) is 6.54 Å². The lowest BCUT2D eigenvalue weighted by Crippen LogP contribution is -2.23. The molecule has 3 rings (SSSR count). The number of carbonyl (C=O) groups is 1. The second-order valence-corrected chi connectivity index (χ2v) is 7.85. The highest BCUT2D eigenvalue weighted by Gasteiger charge is 2.33. The lowest BCUT2D eigenvalue weighted by Gasteiger charge is -2.12. The number of benzene rings is 2. The summed E-state index contributed by atoms with van der Waals surface area (Å²) < 4.78 is 40.7. The zero-order valence-corrected chi connectivity index (χ0v) is 17.8. The first-order chi connectivity index (χ1) is 15.1. The maximum absolute atomic E-state index is 13.0. The van der Waals surface area contributed by atoms with Gasteiger partial charge in [0, 0.05) is 31.6 Å². The van der Waals surface area contributed by atoms with Crippen LogP contribution in [0.3, 0.4) is 0 Å². The smallest absolute Gasteiger partial charge is 0.356 e. The predicted molar refractivity (Wildman–Crippen MR) is 111 cm³/mol. The van der Waals surface area contributed by atoms with Crippen LogP contribution in [-0.2, 0) is 17.4 Å². The molecule has 8 nitrogen and oxygen atoms in total. The maximum Gasteiger partial charge on any atom is 0.416 e. The predicted octanol–water partition coefficient (Wildman–Crippen LogP) is 4.33. The number of carbonyl (C=O) groups excluding carboxylic acids is 1. The quantitative estimate of drug-likeness (QED) is 0.412. The molecule has 1 N–H and O–H groups in total. The van der Waals surface area contributed by atoms with Crippen molar-refractivity contribution in [3.05, 3.63) is 69.5 Å². The van der Waals surface area contributed by atoms with Crippen LogP contribution in [0.25, 0.3) is 5.69 Å². The number of hydrogen-bond donors (Lipinski definition) is 1. The van der Waals surface area contributed by atoms with Gasteiger partial charge in [-0.1, -0.05) is 12.1 Å². The van der Waals surface area contributed by atoms with Gasteiger partial charge in [0.05, 0.1) is 15.4 Å². The topological polar surface area (TPSA) is 103 Å². The summed E-state index contributed by atoms with van der Waals surface area (Å²) in [5, 5.41) is 22.6. The number of halogens is 3. The monoisotopic (exact) mass is 465 g/mol. The van der Waals surface area contributed by atoms with E-state index in [2.05, 4.69) is 15.5 Å². The Hall–Kier alpha value is -3.41. The molecule has 0 aliphatic carbocycles. The van der Waals surface area contributed by atoms with E-state index in [4.69, 9.17) is 0 Å². The van der Waals surface area contributed by atoms with E-state index in [-0.39, 0.29) is 16.0 Å². The summed E-state index contributed by atoms with van der Waals surface area (Å²) >= 11 is 0.843. The molecule has 0 saturated heterocycles. The number of alkyl halides is 3. The average Bonchev–Trinajstić information content (AvgIpc) is 3.09. The van der Waals surface area contributed by atoms with Crippen molar-refractivity contribution in [3.63, 3.8) is 0 Å². The molecule has 0 fully saturated rings. The fourth-order valence-corrected chi connectivity index (χ4v) is 3.88. The van der Waals surface area contributed by atoms with Gasteiger partial charge in [0.15, 0.2) is 0 Å². The molecule has 0 aliphatic heterocycles. The lowest BCUT2D eigenvalue weighted by atomic mass is 10.2. The molecule has 1 amide bonds. The van der Waals surface area contributed by atoms with Gasteiger partial charge in [-0.25, -0.2) is 0 Å². The summed E-state index contributed by atoms with van der Waals surface area (Å²) in [5.41, 5.74) is -0.154. The largest absolute Gasteiger partial charge is 0.416 e. The number of aryl methyl sites for hydroxylation is 1. The highest BCUT2D eigenvalue weighted by Crippen LogP contribution is 2.39. The number of nitro benzene ring substituents is 1.